The quantitative estimate of drug-likeness (QED) is 0.867. The minimum absolute atomic E-state index is 0.0976. The number of fused-ring (bicyclic) bond motifs is 1. The van der Waals surface area contributed by atoms with E-state index in [9.17, 15) is 0 Å². The summed E-state index contributed by atoms with van der Waals surface area (Å²) in [5.41, 5.74) is 8.50. The summed E-state index contributed by atoms with van der Waals surface area (Å²) in [6, 6.07) is 6.72. The fourth-order valence-electron chi connectivity index (χ4n) is 3.01. The Balaban J connectivity index is 2.26. The van der Waals surface area contributed by atoms with Gasteiger partial charge in [0.2, 0.25) is 0 Å². The van der Waals surface area contributed by atoms with E-state index < -0.39 is 0 Å². The Kier molecular flexibility index (Phi) is 4.71. The number of ether oxygens (including phenoxy) is 1. The summed E-state index contributed by atoms with van der Waals surface area (Å²) in [6.07, 6.45) is 3.39. The molecule has 0 fully saturated rings. The fraction of sp³-hybridized carbons (Fsp3) is 0.647. The lowest BCUT2D eigenvalue weighted by Crippen LogP contribution is -2.32. The van der Waals surface area contributed by atoms with Crippen LogP contribution in [0.1, 0.15) is 50.8 Å². The van der Waals surface area contributed by atoms with Gasteiger partial charge in [-0.1, -0.05) is 31.5 Å². The minimum Gasteiger partial charge on any atom is -0.487 e. The smallest absolute Gasteiger partial charge is 0.128 e. The lowest BCUT2D eigenvalue weighted by atomic mass is 9.97. The molecule has 0 aliphatic carbocycles. The van der Waals surface area contributed by atoms with E-state index in [1.807, 2.05) is 0 Å². The van der Waals surface area contributed by atoms with Crippen LogP contribution in [0.4, 0.5) is 0 Å². The first kappa shape index (κ1) is 15.3. The predicted molar refractivity (Wildman–Crippen MR) is 84.2 cm³/mol. The fourth-order valence-corrected chi connectivity index (χ4v) is 3.01. The normalized spacial score (nSPS) is 17.9. The SMILES string of the molecule is CCCCN(C)C(CN)c1cccc2c1OC(C)(C)C2. The second-order valence-corrected chi connectivity index (χ2v) is 6.46. The Hall–Kier alpha value is -1.06. The summed E-state index contributed by atoms with van der Waals surface area (Å²) < 4.78 is 6.18. The maximum atomic E-state index is 6.18. The van der Waals surface area contributed by atoms with Crippen molar-refractivity contribution in [1.29, 1.82) is 0 Å². The largest absolute Gasteiger partial charge is 0.487 e. The van der Waals surface area contributed by atoms with Crippen molar-refractivity contribution in [2.24, 2.45) is 5.73 Å². The molecule has 1 aromatic carbocycles. The highest BCUT2D eigenvalue weighted by Crippen LogP contribution is 2.40. The predicted octanol–water partition coefficient (Wildman–Crippen LogP) is 3.13. The standard InChI is InChI=1S/C17H28N2O/c1-5-6-10-19(4)15(12-18)14-9-7-8-13-11-17(2,3)20-16(13)14/h7-9,15H,5-6,10-12,18H2,1-4H3. The van der Waals surface area contributed by atoms with Crippen LogP contribution in [0.15, 0.2) is 18.2 Å². The summed E-state index contributed by atoms with van der Waals surface area (Å²) in [5.74, 6) is 1.07. The molecule has 1 aliphatic rings. The maximum absolute atomic E-state index is 6.18. The number of benzene rings is 1. The molecular formula is C17H28N2O. The van der Waals surface area contributed by atoms with Gasteiger partial charge in [0.25, 0.3) is 0 Å². The van der Waals surface area contributed by atoms with E-state index in [4.69, 9.17) is 10.5 Å². The molecule has 1 heterocycles. The van der Waals surface area contributed by atoms with Crippen molar-refractivity contribution in [2.45, 2.75) is 51.7 Å². The third-order valence-corrected chi connectivity index (χ3v) is 4.10. The van der Waals surface area contributed by atoms with Gasteiger partial charge in [0.15, 0.2) is 0 Å². The van der Waals surface area contributed by atoms with E-state index >= 15 is 0 Å². The van der Waals surface area contributed by atoms with E-state index in [1.54, 1.807) is 0 Å². The molecule has 1 aromatic rings. The molecule has 3 nitrogen and oxygen atoms in total. The van der Waals surface area contributed by atoms with Crippen LogP contribution in [0.3, 0.4) is 0 Å². The molecule has 0 aromatic heterocycles. The van der Waals surface area contributed by atoms with Gasteiger partial charge in [0.1, 0.15) is 11.4 Å². The summed E-state index contributed by atoms with van der Waals surface area (Å²) in [6.45, 7) is 8.22. The third kappa shape index (κ3) is 3.15. The molecule has 1 unspecified atom stereocenters. The van der Waals surface area contributed by atoms with Gasteiger partial charge in [-0.2, -0.15) is 0 Å². The molecule has 2 N–H and O–H groups in total. The molecular weight excluding hydrogens is 248 g/mol. The lowest BCUT2D eigenvalue weighted by Gasteiger charge is -2.29. The number of hydrogen-bond acceptors (Lipinski definition) is 3. The molecule has 3 heteroatoms. The number of unbranched alkanes of at least 4 members (excludes halogenated alkanes) is 1. The van der Waals surface area contributed by atoms with Crippen LogP contribution < -0.4 is 10.5 Å². The van der Waals surface area contributed by atoms with Gasteiger partial charge in [-0.05, 0) is 39.4 Å². The van der Waals surface area contributed by atoms with Crippen LogP contribution in [-0.4, -0.2) is 30.6 Å². The molecule has 0 radical (unpaired) electrons. The molecule has 0 amide bonds. The lowest BCUT2D eigenvalue weighted by molar-refractivity contribution is 0.133. The van der Waals surface area contributed by atoms with Crippen LogP contribution >= 0.6 is 0 Å². The van der Waals surface area contributed by atoms with Gasteiger partial charge >= 0.3 is 0 Å². The number of hydrogen-bond donors (Lipinski definition) is 1. The second kappa shape index (κ2) is 6.15. The molecule has 0 spiro atoms. The van der Waals surface area contributed by atoms with Gasteiger partial charge in [0.05, 0.1) is 6.04 Å². The summed E-state index contributed by atoms with van der Waals surface area (Å²) in [5, 5.41) is 0. The molecule has 0 saturated heterocycles. The Bertz CT molecular complexity index is 456. The zero-order chi connectivity index (χ0) is 14.8. The molecule has 20 heavy (non-hydrogen) atoms. The number of nitrogens with zero attached hydrogens (tertiary/aromatic N) is 1. The molecule has 1 aliphatic heterocycles. The Labute approximate surface area is 123 Å². The van der Waals surface area contributed by atoms with Crippen molar-refractivity contribution >= 4 is 0 Å². The molecule has 112 valence electrons. The van der Waals surface area contributed by atoms with E-state index in [2.05, 4.69) is 50.9 Å². The number of nitrogens with two attached hydrogens (primary N) is 1. The monoisotopic (exact) mass is 276 g/mol. The summed E-state index contributed by atoms with van der Waals surface area (Å²) >= 11 is 0. The first-order chi connectivity index (χ1) is 9.48. The number of para-hydroxylation sites is 1. The Morgan fingerprint density at radius 2 is 2.15 bits per heavy atom. The second-order valence-electron chi connectivity index (χ2n) is 6.46. The zero-order valence-corrected chi connectivity index (χ0v) is 13.3. The zero-order valence-electron chi connectivity index (χ0n) is 13.3. The van der Waals surface area contributed by atoms with Gasteiger partial charge in [-0.15, -0.1) is 0 Å². The van der Waals surface area contributed by atoms with E-state index in [0.717, 1.165) is 18.7 Å². The van der Waals surface area contributed by atoms with Crippen LogP contribution in [0.5, 0.6) is 5.75 Å². The molecule has 2 rings (SSSR count). The number of rotatable bonds is 6. The highest BCUT2D eigenvalue weighted by Gasteiger charge is 2.33. The first-order valence-corrected chi connectivity index (χ1v) is 7.69. The van der Waals surface area contributed by atoms with E-state index in [1.165, 1.54) is 24.0 Å². The van der Waals surface area contributed by atoms with Crippen LogP contribution in [0.25, 0.3) is 0 Å². The average molecular weight is 276 g/mol. The van der Waals surface area contributed by atoms with Crippen molar-refractivity contribution in [3.63, 3.8) is 0 Å². The first-order valence-electron chi connectivity index (χ1n) is 7.69. The maximum Gasteiger partial charge on any atom is 0.128 e. The summed E-state index contributed by atoms with van der Waals surface area (Å²) in [4.78, 5) is 2.35. The highest BCUT2D eigenvalue weighted by atomic mass is 16.5. The third-order valence-electron chi connectivity index (χ3n) is 4.10. The van der Waals surface area contributed by atoms with Gasteiger partial charge in [-0.25, -0.2) is 0 Å². The van der Waals surface area contributed by atoms with Crippen LogP contribution in [0.2, 0.25) is 0 Å². The summed E-state index contributed by atoms with van der Waals surface area (Å²) in [7, 11) is 2.16. The van der Waals surface area contributed by atoms with Crippen molar-refractivity contribution in [3.8, 4) is 5.75 Å². The van der Waals surface area contributed by atoms with Crippen molar-refractivity contribution in [1.82, 2.24) is 4.90 Å². The van der Waals surface area contributed by atoms with Crippen molar-refractivity contribution in [3.05, 3.63) is 29.3 Å². The van der Waals surface area contributed by atoms with Gasteiger partial charge in [0, 0.05) is 18.5 Å². The topological polar surface area (TPSA) is 38.5 Å². The number of likely N-dealkylation sites (N-methyl/N-ethyl adjacent to an activating group) is 1. The van der Waals surface area contributed by atoms with Gasteiger partial charge in [-0.3, -0.25) is 4.90 Å². The van der Waals surface area contributed by atoms with E-state index in [-0.39, 0.29) is 11.6 Å². The minimum atomic E-state index is -0.0976. The van der Waals surface area contributed by atoms with Gasteiger partial charge < -0.3 is 10.5 Å². The Morgan fingerprint density at radius 1 is 1.40 bits per heavy atom. The molecule has 0 saturated carbocycles. The Morgan fingerprint density at radius 3 is 2.80 bits per heavy atom. The van der Waals surface area contributed by atoms with Crippen molar-refractivity contribution in [2.75, 3.05) is 20.1 Å². The van der Waals surface area contributed by atoms with Crippen LogP contribution in [-0.2, 0) is 6.42 Å². The van der Waals surface area contributed by atoms with E-state index in [0.29, 0.717) is 6.54 Å². The molecule has 1 atom stereocenters. The average Bonchev–Trinajstić information content (AvgIpc) is 2.72. The molecule has 0 bridgehead atoms. The van der Waals surface area contributed by atoms with Crippen LogP contribution in [0, 0.1) is 0 Å². The highest BCUT2D eigenvalue weighted by molar-refractivity contribution is 5.47. The van der Waals surface area contributed by atoms with Crippen molar-refractivity contribution < 1.29 is 4.74 Å².